The van der Waals surface area contributed by atoms with Crippen LogP contribution in [-0.4, -0.2) is 59.5 Å². The van der Waals surface area contributed by atoms with Crippen LogP contribution >= 0.6 is 15.9 Å². The number of fused-ring (bicyclic) bond motifs is 1. The summed E-state index contributed by atoms with van der Waals surface area (Å²) in [5.41, 5.74) is 0.0470. The molecule has 0 radical (unpaired) electrons. The number of carbonyl (C=O) groups excluding carboxylic acids is 1. The molecular weight excluding hydrogens is 453 g/mol. The van der Waals surface area contributed by atoms with E-state index in [1.54, 1.807) is 12.1 Å². The van der Waals surface area contributed by atoms with Crippen molar-refractivity contribution in [3.8, 4) is 0 Å². The fourth-order valence-corrected chi connectivity index (χ4v) is 4.41. The van der Waals surface area contributed by atoms with Crippen molar-refractivity contribution in [1.82, 2.24) is 10.2 Å². The highest BCUT2D eigenvalue weighted by atomic mass is 79.9. The van der Waals surface area contributed by atoms with Gasteiger partial charge in [-0.05, 0) is 36.5 Å². The summed E-state index contributed by atoms with van der Waals surface area (Å²) >= 11 is 3.23. The molecule has 2 aliphatic rings. The lowest BCUT2D eigenvalue weighted by molar-refractivity contribution is -0.163. The zero-order chi connectivity index (χ0) is 21.3. The number of rotatable bonds is 6. The first-order valence-corrected chi connectivity index (χ1v) is 10.6. The molecule has 3 rings (SSSR count). The minimum Gasteiger partial charge on any atom is -0.388 e. The Morgan fingerprint density at radius 3 is 2.59 bits per heavy atom. The quantitative estimate of drug-likeness (QED) is 0.657. The SMILES string of the molecule is CC(C)C[C@H](NC(c1ccc(Br)cc1)C(F)(F)F)C(=O)N1CC[C@H]2OC[C@H](O)[C@H]21. The van der Waals surface area contributed by atoms with Crippen LogP contribution in [0.25, 0.3) is 0 Å². The van der Waals surface area contributed by atoms with Gasteiger partial charge in [0.05, 0.1) is 24.8 Å². The average molecular weight is 479 g/mol. The summed E-state index contributed by atoms with van der Waals surface area (Å²) in [6, 6.07) is 2.41. The molecule has 1 aromatic rings. The number of nitrogens with zero attached hydrogens (tertiary/aromatic N) is 1. The van der Waals surface area contributed by atoms with Crippen LogP contribution in [0.3, 0.4) is 0 Å². The molecule has 0 aromatic heterocycles. The van der Waals surface area contributed by atoms with Crippen molar-refractivity contribution in [1.29, 1.82) is 0 Å². The predicted molar refractivity (Wildman–Crippen MR) is 105 cm³/mol. The molecular formula is C20H26BrF3N2O3. The van der Waals surface area contributed by atoms with E-state index in [9.17, 15) is 23.1 Å². The maximum absolute atomic E-state index is 13.9. The molecule has 1 amide bonds. The molecule has 2 saturated heterocycles. The van der Waals surface area contributed by atoms with E-state index in [0.717, 1.165) is 0 Å². The summed E-state index contributed by atoms with van der Waals surface area (Å²) < 4.78 is 47.8. The smallest absolute Gasteiger partial charge is 0.388 e. The van der Waals surface area contributed by atoms with Crippen molar-refractivity contribution in [2.24, 2.45) is 5.92 Å². The van der Waals surface area contributed by atoms with Gasteiger partial charge in [-0.2, -0.15) is 13.2 Å². The van der Waals surface area contributed by atoms with Gasteiger partial charge < -0.3 is 14.7 Å². The van der Waals surface area contributed by atoms with Crippen molar-refractivity contribution in [3.63, 3.8) is 0 Å². The van der Waals surface area contributed by atoms with Gasteiger partial charge in [0.25, 0.3) is 0 Å². The van der Waals surface area contributed by atoms with E-state index in [4.69, 9.17) is 4.74 Å². The number of hydrogen-bond donors (Lipinski definition) is 2. The van der Waals surface area contributed by atoms with E-state index >= 15 is 0 Å². The van der Waals surface area contributed by atoms with Crippen LogP contribution in [0, 0.1) is 5.92 Å². The number of aliphatic hydroxyl groups excluding tert-OH is 1. The molecule has 5 nitrogen and oxygen atoms in total. The second kappa shape index (κ2) is 8.91. The second-order valence-corrected chi connectivity index (χ2v) is 9.04. The summed E-state index contributed by atoms with van der Waals surface area (Å²) in [5.74, 6) is -0.402. The molecule has 5 atom stereocenters. The maximum atomic E-state index is 13.9. The average Bonchev–Trinajstić information content (AvgIpc) is 3.21. The van der Waals surface area contributed by atoms with Crippen molar-refractivity contribution >= 4 is 21.8 Å². The van der Waals surface area contributed by atoms with E-state index < -0.39 is 36.3 Å². The Hall–Kier alpha value is -1.16. The van der Waals surface area contributed by atoms with Crippen LogP contribution in [0.2, 0.25) is 0 Å². The van der Waals surface area contributed by atoms with Crippen LogP contribution in [0.5, 0.6) is 0 Å². The second-order valence-electron chi connectivity index (χ2n) is 8.13. The van der Waals surface area contributed by atoms with Gasteiger partial charge in [-0.25, -0.2) is 0 Å². The van der Waals surface area contributed by atoms with Gasteiger partial charge in [-0.1, -0.05) is 41.9 Å². The Morgan fingerprint density at radius 1 is 1.34 bits per heavy atom. The number of alkyl halides is 3. The molecule has 9 heteroatoms. The van der Waals surface area contributed by atoms with E-state index in [1.807, 2.05) is 13.8 Å². The van der Waals surface area contributed by atoms with E-state index in [1.165, 1.54) is 17.0 Å². The Labute approximate surface area is 176 Å². The minimum absolute atomic E-state index is 0.0124. The highest BCUT2D eigenvalue weighted by Crippen LogP contribution is 2.35. The molecule has 0 bridgehead atoms. The third-order valence-corrected chi connectivity index (χ3v) is 5.99. The Morgan fingerprint density at radius 2 is 2.00 bits per heavy atom. The number of carbonyl (C=O) groups is 1. The molecule has 162 valence electrons. The first kappa shape index (κ1) is 22.5. The Kier molecular flexibility index (Phi) is 6.92. The van der Waals surface area contributed by atoms with Crippen molar-refractivity contribution in [2.45, 2.75) is 63.2 Å². The number of likely N-dealkylation sites (tertiary alicyclic amines) is 1. The van der Waals surface area contributed by atoms with Crippen LogP contribution < -0.4 is 5.32 Å². The molecule has 2 aliphatic heterocycles. The van der Waals surface area contributed by atoms with E-state index in [-0.39, 0.29) is 30.6 Å². The summed E-state index contributed by atoms with van der Waals surface area (Å²) in [5, 5.41) is 12.8. The summed E-state index contributed by atoms with van der Waals surface area (Å²) in [6.45, 7) is 4.25. The van der Waals surface area contributed by atoms with Crippen molar-refractivity contribution < 1.29 is 27.8 Å². The highest BCUT2D eigenvalue weighted by molar-refractivity contribution is 9.10. The Balaban J connectivity index is 1.85. The van der Waals surface area contributed by atoms with Gasteiger partial charge in [0.15, 0.2) is 0 Å². The summed E-state index contributed by atoms with van der Waals surface area (Å²) in [7, 11) is 0. The van der Waals surface area contributed by atoms with Gasteiger partial charge >= 0.3 is 6.18 Å². The number of halogens is 4. The van der Waals surface area contributed by atoms with E-state index in [0.29, 0.717) is 17.4 Å². The monoisotopic (exact) mass is 478 g/mol. The standard InChI is InChI=1S/C20H26BrF3N2O3/c1-11(2)9-14(19(28)26-8-7-16-17(26)15(27)10-29-16)25-18(20(22,23)24)12-3-5-13(21)6-4-12/h3-6,11,14-18,25,27H,7-10H2,1-2H3/t14-,15-,16+,17+,18?/m0/s1. The van der Waals surface area contributed by atoms with Crippen LogP contribution in [0.15, 0.2) is 28.7 Å². The number of amides is 1. The predicted octanol–water partition coefficient (Wildman–Crippen LogP) is 3.42. The number of nitrogens with one attached hydrogen (secondary N) is 1. The zero-order valence-electron chi connectivity index (χ0n) is 16.3. The molecule has 0 aliphatic carbocycles. The van der Waals surface area contributed by atoms with Crippen LogP contribution in [0.1, 0.15) is 38.3 Å². The molecule has 29 heavy (non-hydrogen) atoms. The minimum atomic E-state index is -4.56. The zero-order valence-corrected chi connectivity index (χ0v) is 17.9. The van der Waals surface area contributed by atoms with Gasteiger partial charge in [0, 0.05) is 11.0 Å². The van der Waals surface area contributed by atoms with Gasteiger partial charge in [0.2, 0.25) is 5.91 Å². The number of ether oxygens (including phenoxy) is 1. The van der Waals surface area contributed by atoms with Crippen LogP contribution in [-0.2, 0) is 9.53 Å². The molecule has 2 heterocycles. The maximum Gasteiger partial charge on any atom is 0.407 e. The lowest BCUT2D eigenvalue weighted by atomic mass is 9.98. The first-order valence-electron chi connectivity index (χ1n) is 9.76. The number of aliphatic hydroxyl groups is 1. The van der Waals surface area contributed by atoms with Gasteiger partial charge in [0.1, 0.15) is 12.1 Å². The lowest BCUT2D eigenvalue weighted by Gasteiger charge is -2.33. The highest BCUT2D eigenvalue weighted by Gasteiger charge is 2.49. The largest absolute Gasteiger partial charge is 0.407 e. The number of benzene rings is 1. The van der Waals surface area contributed by atoms with Crippen LogP contribution in [0.4, 0.5) is 13.2 Å². The molecule has 0 saturated carbocycles. The van der Waals surface area contributed by atoms with Gasteiger partial charge in [-0.3, -0.25) is 10.1 Å². The van der Waals surface area contributed by atoms with Crippen molar-refractivity contribution in [3.05, 3.63) is 34.3 Å². The topological polar surface area (TPSA) is 61.8 Å². The fraction of sp³-hybridized carbons (Fsp3) is 0.650. The fourth-order valence-electron chi connectivity index (χ4n) is 4.15. The number of hydrogen-bond acceptors (Lipinski definition) is 4. The van der Waals surface area contributed by atoms with E-state index in [2.05, 4.69) is 21.2 Å². The normalized spacial score (nSPS) is 26.6. The third-order valence-electron chi connectivity index (χ3n) is 5.46. The molecule has 2 N–H and O–H groups in total. The summed E-state index contributed by atoms with van der Waals surface area (Å²) in [6.07, 6.45) is -4.79. The first-order chi connectivity index (χ1) is 13.6. The summed E-state index contributed by atoms with van der Waals surface area (Å²) in [4.78, 5) is 14.7. The van der Waals surface area contributed by atoms with Crippen molar-refractivity contribution in [2.75, 3.05) is 13.2 Å². The lowest BCUT2D eigenvalue weighted by Crippen LogP contribution is -2.54. The third kappa shape index (κ3) is 5.13. The molecule has 1 unspecified atom stereocenters. The molecule has 2 fully saturated rings. The molecule has 0 spiro atoms. The van der Waals surface area contributed by atoms with Gasteiger partial charge in [-0.15, -0.1) is 0 Å². The Bertz CT molecular complexity index is 714. The molecule has 1 aromatic carbocycles.